The summed E-state index contributed by atoms with van der Waals surface area (Å²) in [6.07, 6.45) is 20.0. The van der Waals surface area contributed by atoms with Gasteiger partial charge in [-0.2, -0.15) is 0 Å². The molecule has 0 bridgehead atoms. The van der Waals surface area contributed by atoms with Crippen LogP contribution in [0.5, 0.6) is 0 Å². The molecule has 9 N–H and O–H groups in total. The van der Waals surface area contributed by atoms with Crippen LogP contribution in [0.1, 0.15) is 123 Å². The number of aliphatic hydroxyl groups excluding tert-OH is 8. The van der Waals surface area contributed by atoms with Gasteiger partial charge in [0.25, 0.3) is 0 Å². The second-order valence-corrected chi connectivity index (χ2v) is 15.4. The van der Waals surface area contributed by atoms with Crippen molar-refractivity contribution in [2.75, 3.05) is 19.8 Å². The van der Waals surface area contributed by atoms with Crippen LogP contribution in [0.3, 0.4) is 0 Å². The maximum Gasteiger partial charge on any atom is 0.220 e. The summed E-state index contributed by atoms with van der Waals surface area (Å²) in [4.78, 5) is 13.1. The van der Waals surface area contributed by atoms with E-state index in [-0.39, 0.29) is 18.9 Å². The Morgan fingerprint density at radius 1 is 0.627 bits per heavy atom. The number of nitrogens with one attached hydrogen (secondary N) is 1. The number of allylic oxidation sites excluding steroid dienone is 9. The van der Waals surface area contributed by atoms with Gasteiger partial charge in [-0.3, -0.25) is 4.79 Å². The van der Waals surface area contributed by atoms with Gasteiger partial charge in [-0.1, -0.05) is 120 Å². The van der Waals surface area contributed by atoms with Crippen LogP contribution in [0, 0.1) is 0 Å². The van der Waals surface area contributed by atoms with E-state index < -0.39 is 86.8 Å². The summed E-state index contributed by atoms with van der Waals surface area (Å²) in [6.45, 7) is 2.56. The molecule has 2 aliphatic rings. The molecule has 0 aliphatic carbocycles. The topological polar surface area (TPSA) is 228 Å². The van der Waals surface area contributed by atoms with Crippen LogP contribution < -0.4 is 5.32 Å². The second kappa shape index (κ2) is 32.4. The Balaban J connectivity index is 1.89. The van der Waals surface area contributed by atoms with E-state index in [0.717, 1.165) is 77.0 Å². The second-order valence-electron chi connectivity index (χ2n) is 15.4. The van der Waals surface area contributed by atoms with Gasteiger partial charge in [-0.15, -0.1) is 0 Å². The Morgan fingerprint density at radius 2 is 1.17 bits per heavy atom. The first-order valence-electron chi connectivity index (χ1n) is 22.0. The van der Waals surface area contributed by atoms with Crippen LogP contribution in [0.15, 0.2) is 60.8 Å². The average Bonchev–Trinajstić information content (AvgIpc) is 3.23. The molecule has 1 amide bonds. The number of unbranched alkanes of at least 4 members (excludes halogenated alkanes) is 10. The van der Waals surface area contributed by atoms with Crippen molar-refractivity contribution >= 4 is 5.91 Å². The number of hydrogen-bond donors (Lipinski definition) is 9. The number of amides is 1. The van der Waals surface area contributed by atoms with Crippen molar-refractivity contribution in [1.82, 2.24) is 5.32 Å². The Hall–Kier alpha value is -2.31. The fraction of sp³-hybridized carbons (Fsp3) is 0.756. The van der Waals surface area contributed by atoms with E-state index in [1.54, 1.807) is 6.08 Å². The van der Waals surface area contributed by atoms with E-state index in [1.165, 1.54) is 19.3 Å². The normalized spacial score (nSPS) is 29.1. The molecule has 0 spiro atoms. The Labute approximate surface area is 352 Å². The van der Waals surface area contributed by atoms with E-state index >= 15 is 0 Å². The summed E-state index contributed by atoms with van der Waals surface area (Å²) in [7, 11) is 0. The number of ether oxygens (including phenoxy) is 4. The first-order chi connectivity index (χ1) is 28.6. The van der Waals surface area contributed by atoms with Crippen molar-refractivity contribution in [2.45, 2.75) is 197 Å². The SMILES string of the molecule is CC/C=C\C/C=C\C/C=C\C/C=C\CCCCCCC(=O)NC(COC1OC(CO)C(OC2OC(CO)C(O)C(O)C2O)C(O)C1O)C(O)/C=C/CCCCCCCC. The van der Waals surface area contributed by atoms with Gasteiger partial charge in [-0.05, 0) is 57.8 Å². The zero-order chi connectivity index (χ0) is 43.3. The van der Waals surface area contributed by atoms with Crippen molar-refractivity contribution in [3.05, 3.63) is 60.8 Å². The standard InChI is InChI=1S/C45H77NO13/c1-3-5-7-9-11-13-14-15-16-17-18-19-20-21-23-25-27-29-37(50)46-33(34(49)28-26-24-22-12-10-8-6-4-2)32-56-44-42(55)40(53)43(36(31-48)58-44)59-45-41(54)39(52)38(51)35(30-47)57-45/h5,7,11,13,15-16,18-19,26,28,33-36,38-45,47-49,51-55H,3-4,6,8-10,12,14,17,20-25,27,29-32H2,1-2H3,(H,46,50)/b7-5-,13-11-,16-15-,19-18-,28-26+. The number of aliphatic hydroxyl groups is 8. The van der Waals surface area contributed by atoms with Crippen LogP contribution in [0.4, 0.5) is 0 Å². The highest BCUT2D eigenvalue weighted by Gasteiger charge is 2.50. The Morgan fingerprint density at radius 3 is 1.80 bits per heavy atom. The fourth-order valence-electron chi connectivity index (χ4n) is 6.81. The van der Waals surface area contributed by atoms with Crippen LogP contribution in [0.2, 0.25) is 0 Å². The maximum absolute atomic E-state index is 13.1. The van der Waals surface area contributed by atoms with Gasteiger partial charge in [-0.25, -0.2) is 0 Å². The van der Waals surface area contributed by atoms with Crippen molar-refractivity contribution in [3.63, 3.8) is 0 Å². The molecule has 2 rings (SSSR count). The zero-order valence-corrected chi connectivity index (χ0v) is 35.5. The van der Waals surface area contributed by atoms with Crippen molar-refractivity contribution in [3.8, 4) is 0 Å². The highest BCUT2D eigenvalue weighted by atomic mass is 16.7. The van der Waals surface area contributed by atoms with E-state index in [9.17, 15) is 45.6 Å². The molecular formula is C45H77NO13. The molecule has 12 unspecified atom stereocenters. The predicted octanol–water partition coefficient (Wildman–Crippen LogP) is 3.93. The van der Waals surface area contributed by atoms with Crippen molar-refractivity contribution < 1.29 is 64.6 Å². The molecule has 0 radical (unpaired) electrons. The van der Waals surface area contributed by atoms with Gasteiger partial charge in [0.15, 0.2) is 12.6 Å². The molecule has 2 heterocycles. The summed E-state index contributed by atoms with van der Waals surface area (Å²) in [5.74, 6) is -0.271. The van der Waals surface area contributed by atoms with Crippen LogP contribution in [0.25, 0.3) is 0 Å². The number of hydrogen-bond acceptors (Lipinski definition) is 13. The van der Waals surface area contributed by atoms with E-state index in [0.29, 0.717) is 6.42 Å². The molecule has 14 heteroatoms. The van der Waals surface area contributed by atoms with Crippen LogP contribution in [-0.2, 0) is 23.7 Å². The summed E-state index contributed by atoms with van der Waals surface area (Å²) in [5, 5.41) is 86.2. The molecule has 14 nitrogen and oxygen atoms in total. The minimum Gasteiger partial charge on any atom is -0.394 e. The molecule has 59 heavy (non-hydrogen) atoms. The van der Waals surface area contributed by atoms with Gasteiger partial charge in [0.05, 0.1) is 32.0 Å². The average molecular weight is 840 g/mol. The van der Waals surface area contributed by atoms with E-state index in [1.807, 2.05) is 6.08 Å². The summed E-state index contributed by atoms with van der Waals surface area (Å²) in [5.41, 5.74) is 0. The largest absolute Gasteiger partial charge is 0.394 e. The molecule has 12 atom stereocenters. The fourth-order valence-corrected chi connectivity index (χ4v) is 6.81. The van der Waals surface area contributed by atoms with Gasteiger partial charge in [0, 0.05) is 6.42 Å². The van der Waals surface area contributed by atoms with Crippen LogP contribution in [-0.4, -0.2) is 140 Å². The van der Waals surface area contributed by atoms with Crippen molar-refractivity contribution in [2.24, 2.45) is 0 Å². The van der Waals surface area contributed by atoms with Crippen molar-refractivity contribution in [1.29, 1.82) is 0 Å². The first kappa shape index (κ1) is 52.8. The van der Waals surface area contributed by atoms with Crippen LogP contribution >= 0.6 is 0 Å². The van der Waals surface area contributed by atoms with Gasteiger partial charge >= 0.3 is 0 Å². The molecule has 340 valence electrons. The third-order valence-electron chi connectivity index (χ3n) is 10.5. The zero-order valence-electron chi connectivity index (χ0n) is 35.5. The highest BCUT2D eigenvalue weighted by molar-refractivity contribution is 5.76. The lowest BCUT2D eigenvalue weighted by molar-refractivity contribution is -0.359. The van der Waals surface area contributed by atoms with Gasteiger partial charge in [0.2, 0.25) is 5.91 Å². The molecule has 2 aliphatic heterocycles. The number of carbonyl (C=O) groups excluding carboxylic acids is 1. The van der Waals surface area contributed by atoms with Gasteiger partial charge in [0.1, 0.15) is 48.8 Å². The summed E-state index contributed by atoms with van der Waals surface area (Å²) in [6, 6.07) is -0.926. The number of rotatable bonds is 31. The smallest absolute Gasteiger partial charge is 0.220 e. The third kappa shape index (κ3) is 20.9. The first-order valence-corrected chi connectivity index (χ1v) is 22.0. The monoisotopic (exact) mass is 840 g/mol. The van der Waals surface area contributed by atoms with E-state index in [2.05, 4.69) is 67.8 Å². The molecule has 0 saturated carbocycles. The van der Waals surface area contributed by atoms with E-state index in [4.69, 9.17) is 18.9 Å². The predicted molar refractivity (Wildman–Crippen MR) is 226 cm³/mol. The quantitative estimate of drug-likeness (QED) is 0.0357. The minimum atomic E-state index is -1.79. The molecule has 0 aromatic rings. The maximum atomic E-state index is 13.1. The van der Waals surface area contributed by atoms with Gasteiger partial charge < -0.3 is 65.1 Å². The molecular weight excluding hydrogens is 762 g/mol. The highest BCUT2D eigenvalue weighted by Crippen LogP contribution is 2.29. The molecule has 2 saturated heterocycles. The Kier molecular flexibility index (Phi) is 29.0. The molecule has 2 fully saturated rings. The lowest BCUT2D eigenvalue weighted by atomic mass is 9.97. The lowest BCUT2D eigenvalue weighted by Gasteiger charge is -2.46. The summed E-state index contributed by atoms with van der Waals surface area (Å²) >= 11 is 0. The Bertz CT molecular complexity index is 1220. The molecule has 0 aromatic carbocycles. The molecule has 0 aromatic heterocycles. The third-order valence-corrected chi connectivity index (χ3v) is 10.5. The number of carbonyl (C=O) groups is 1. The minimum absolute atomic E-state index is 0.249. The summed E-state index contributed by atoms with van der Waals surface area (Å²) < 4.78 is 22.5. The lowest BCUT2D eigenvalue weighted by Crippen LogP contribution is -2.65.